The third kappa shape index (κ3) is 5.67. The minimum atomic E-state index is -0.135. The molecule has 27 heavy (non-hydrogen) atoms. The minimum Gasteiger partial charge on any atom is -0.466 e. The van der Waals surface area contributed by atoms with Gasteiger partial charge in [-0.2, -0.15) is 0 Å². The quantitative estimate of drug-likeness (QED) is 0.720. The standard InChI is InChI=1S/C22H31N3O2/c1-3-27-22(26)9-6-18-4-7-20(8-5-18)21-16-25(17(2)24-21)15-12-19-10-13-23-14-11-19/h4-5,7-8,16,19,23H,3,6,9-15H2,1-2H3. The van der Waals surface area contributed by atoms with Crippen LogP contribution in [0, 0.1) is 12.8 Å². The number of carbonyl (C=O) groups is 1. The van der Waals surface area contributed by atoms with E-state index in [1.54, 1.807) is 0 Å². The van der Waals surface area contributed by atoms with Crippen LogP contribution < -0.4 is 5.32 Å². The van der Waals surface area contributed by atoms with Gasteiger partial charge >= 0.3 is 5.97 Å². The van der Waals surface area contributed by atoms with Crippen LogP contribution in [0.4, 0.5) is 0 Å². The Kier molecular flexibility index (Phi) is 7.04. The number of hydrogen-bond donors (Lipinski definition) is 1. The van der Waals surface area contributed by atoms with Crippen LogP contribution >= 0.6 is 0 Å². The van der Waals surface area contributed by atoms with Crippen LogP contribution in [0.2, 0.25) is 0 Å². The summed E-state index contributed by atoms with van der Waals surface area (Å²) >= 11 is 0. The summed E-state index contributed by atoms with van der Waals surface area (Å²) in [6.45, 7) is 7.71. The number of nitrogens with zero attached hydrogens (tertiary/aromatic N) is 2. The molecule has 0 aliphatic carbocycles. The van der Waals surface area contributed by atoms with Crippen LogP contribution in [0.15, 0.2) is 30.5 Å². The third-order valence-electron chi connectivity index (χ3n) is 5.39. The van der Waals surface area contributed by atoms with Crippen molar-refractivity contribution in [3.05, 3.63) is 41.9 Å². The van der Waals surface area contributed by atoms with E-state index in [1.807, 2.05) is 6.92 Å². The summed E-state index contributed by atoms with van der Waals surface area (Å²) in [7, 11) is 0. The molecule has 5 nitrogen and oxygen atoms in total. The number of aromatic nitrogens is 2. The van der Waals surface area contributed by atoms with Gasteiger partial charge in [0.2, 0.25) is 0 Å². The normalized spacial score (nSPS) is 15.0. The predicted octanol–water partition coefficient (Wildman–Crippen LogP) is 3.74. The fraction of sp³-hybridized carbons (Fsp3) is 0.545. The van der Waals surface area contributed by atoms with E-state index in [4.69, 9.17) is 9.72 Å². The Morgan fingerprint density at radius 2 is 2.00 bits per heavy atom. The van der Waals surface area contributed by atoms with Gasteiger partial charge in [0.25, 0.3) is 0 Å². The third-order valence-corrected chi connectivity index (χ3v) is 5.39. The molecule has 0 atom stereocenters. The second kappa shape index (κ2) is 9.70. The fourth-order valence-corrected chi connectivity index (χ4v) is 3.69. The van der Waals surface area contributed by atoms with Crippen molar-refractivity contribution >= 4 is 5.97 Å². The second-order valence-electron chi connectivity index (χ2n) is 7.35. The molecule has 0 saturated carbocycles. The van der Waals surface area contributed by atoms with E-state index in [9.17, 15) is 4.79 Å². The summed E-state index contributed by atoms with van der Waals surface area (Å²) < 4.78 is 7.27. The van der Waals surface area contributed by atoms with Gasteiger partial charge in [-0.3, -0.25) is 4.79 Å². The molecule has 1 aromatic carbocycles. The Bertz CT molecular complexity index is 731. The number of esters is 1. The molecule has 2 aromatic rings. The van der Waals surface area contributed by atoms with Crippen LogP contribution in [-0.2, 0) is 22.5 Å². The number of ether oxygens (including phenoxy) is 1. The smallest absolute Gasteiger partial charge is 0.306 e. The predicted molar refractivity (Wildman–Crippen MR) is 108 cm³/mol. The molecule has 3 rings (SSSR count). The van der Waals surface area contributed by atoms with E-state index < -0.39 is 0 Å². The molecule has 1 aliphatic rings. The molecular formula is C22H31N3O2. The zero-order valence-electron chi connectivity index (χ0n) is 16.5. The van der Waals surface area contributed by atoms with Crippen molar-refractivity contribution in [2.24, 2.45) is 5.92 Å². The highest BCUT2D eigenvalue weighted by atomic mass is 16.5. The first-order chi connectivity index (χ1) is 13.2. The maximum absolute atomic E-state index is 11.5. The minimum absolute atomic E-state index is 0.135. The topological polar surface area (TPSA) is 56.1 Å². The maximum Gasteiger partial charge on any atom is 0.306 e. The summed E-state index contributed by atoms with van der Waals surface area (Å²) in [4.78, 5) is 16.2. The second-order valence-corrected chi connectivity index (χ2v) is 7.35. The van der Waals surface area contributed by atoms with Crippen LogP contribution in [-0.4, -0.2) is 35.2 Å². The van der Waals surface area contributed by atoms with Crippen molar-refractivity contribution < 1.29 is 9.53 Å². The monoisotopic (exact) mass is 369 g/mol. The number of hydrogen-bond acceptors (Lipinski definition) is 4. The molecule has 1 fully saturated rings. The van der Waals surface area contributed by atoms with Gasteiger partial charge < -0.3 is 14.6 Å². The van der Waals surface area contributed by atoms with E-state index in [-0.39, 0.29) is 5.97 Å². The van der Waals surface area contributed by atoms with E-state index in [0.717, 1.165) is 48.2 Å². The molecule has 1 N–H and O–H groups in total. The summed E-state index contributed by atoms with van der Waals surface area (Å²) in [6, 6.07) is 8.36. The maximum atomic E-state index is 11.5. The number of imidazole rings is 1. The van der Waals surface area contributed by atoms with Gasteiger partial charge in [-0.1, -0.05) is 24.3 Å². The van der Waals surface area contributed by atoms with Crippen LogP contribution in [0.5, 0.6) is 0 Å². The van der Waals surface area contributed by atoms with Crippen molar-refractivity contribution in [3.63, 3.8) is 0 Å². The zero-order chi connectivity index (χ0) is 19.1. The first kappa shape index (κ1) is 19.6. The molecule has 146 valence electrons. The van der Waals surface area contributed by atoms with Crippen molar-refractivity contribution in [2.45, 2.75) is 52.5 Å². The highest BCUT2D eigenvalue weighted by Gasteiger charge is 2.14. The number of aryl methyl sites for hydroxylation is 3. The summed E-state index contributed by atoms with van der Waals surface area (Å²) in [6.07, 6.45) is 7.11. The first-order valence-corrected chi connectivity index (χ1v) is 10.1. The van der Waals surface area contributed by atoms with Crippen molar-refractivity contribution in [1.82, 2.24) is 14.9 Å². The van der Waals surface area contributed by atoms with Crippen molar-refractivity contribution in [3.8, 4) is 11.3 Å². The molecule has 1 aliphatic heterocycles. The molecule has 1 aromatic heterocycles. The number of piperidine rings is 1. The Morgan fingerprint density at radius 1 is 1.26 bits per heavy atom. The van der Waals surface area contributed by atoms with Gasteiger partial charge in [0.1, 0.15) is 5.82 Å². The molecule has 0 unspecified atom stereocenters. The van der Waals surface area contributed by atoms with E-state index >= 15 is 0 Å². The number of benzene rings is 1. The Labute approximate surface area is 162 Å². The first-order valence-electron chi connectivity index (χ1n) is 10.1. The average Bonchev–Trinajstić information content (AvgIpc) is 3.07. The molecule has 5 heteroatoms. The Balaban J connectivity index is 1.57. The Hall–Kier alpha value is -2.14. The number of rotatable bonds is 8. The van der Waals surface area contributed by atoms with Gasteiger partial charge in [0, 0.05) is 24.7 Å². The molecule has 0 spiro atoms. The highest BCUT2D eigenvalue weighted by Crippen LogP contribution is 2.22. The van der Waals surface area contributed by atoms with Crippen molar-refractivity contribution in [1.29, 1.82) is 0 Å². The summed E-state index contributed by atoms with van der Waals surface area (Å²) in [5, 5.41) is 3.43. The number of nitrogens with one attached hydrogen (secondary N) is 1. The molecule has 0 bridgehead atoms. The Morgan fingerprint density at radius 3 is 2.70 bits per heavy atom. The zero-order valence-corrected chi connectivity index (χ0v) is 16.5. The highest BCUT2D eigenvalue weighted by molar-refractivity contribution is 5.69. The van der Waals surface area contributed by atoms with E-state index in [0.29, 0.717) is 19.4 Å². The van der Waals surface area contributed by atoms with Gasteiger partial charge in [0.15, 0.2) is 0 Å². The molecule has 1 saturated heterocycles. The number of carbonyl (C=O) groups excluding carboxylic acids is 1. The van der Waals surface area contributed by atoms with Crippen LogP contribution in [0.1, 0.15) is 44.0 Å². The van der Waals surface area contributed by atoms with Crippen molar-refractivity contribution in [2.75, 3.05) is 19.7 Å². The van der Waals surface area contributed by atoms with E-state index in [2.05, 4.69) is 47.3 Å². The van der Waals surface area contributed by atoms with Gasteiger partial charge in [-0.15, -0.1) is 0 Å². The van der Waals surface area contributed by atoms with Gasteiger partial charge in [-0.25, -0.2) is 4.98 Å². The summed E-state index contributed by atoms with van der Waals surface area (Å²) in [5.74, 6) is 1.77. The van der Waals surface area contributed by atoms with Crippen LogP contribution in [0.25, 0.3) is 11.3 Å². The molecule has 2 heterocycles. The lowest BCUT2D eigenvalue weighted by molar-refractivity contribution is -0.143. The van der Waals surface area contributed by atoms with Gasteiger partial charge in [0.05, 0.1) is 12.3 Å². The molecular weight excluding hydrogens is 338 g/mol. The fourth-order valence-electron chi connectivity index (χ4n) is 3.69. The largest absolute Gasteiger partial charge is 0.466 e. The lowest BCUT2D eigenvalue weighted by Crippen LogP contribution is -2.28. The van der Waals surface area contributed by atoms with Gasteiger partial charge in [-0.05, 0) is 64.1 Å². The average molecular weight is 370 g/mol. The van der Waals surface area contributed by atoms with Crippen LogP contribution in [0.3, 0.4) is 0 Å². The lowest BCUT2D eigenvalue weighted by atomic mass is 9.95. The SMILES string of the molecule is CCOC(=O)CCc1ccc(-c2cn(CCC3CCNCC3)c(C)n2)cc1. The van der Waals surface area contributed by atoms with E-state index in [1.165, 1.54) is 19.3 Å². The molecule has 0 amide bonds. The summed E-state index contributed by atoms with van der Waals surface area (Å²) in [5.41, 5.74) is 3.29. The molecule has 0 radical (unpaired) electrons. The lowest BCUT2D eigenvalue weighted by Gasteiger charge is -2.22.